The smallest absolute Gasteiger partial charge is 0.407 e. The maximum atomic E-state index is 11.0. The molecule has 2 heterocycles. The van der Waals surface area contributed by atoms with Crippen LogP contribution < -0.4 is 5.32 Å². The Kier molecular flexibility index (Phi) is 3.31. The van der Waals surface area contributed by atoms with Gasteiger partial charge < -0.3 is 10.0 Å². The van der Waals surface area contributed by atoms with Crippen LogP contribution in [-0.2, 0) is 5.54 Å². The molecule has 1 amide bonds. The summed E-state index contributed by atoms with van der Waals surface area (Å²) in [5.74, 6) is 5.93. The van der Waals surface area contributed by atoms with Gasteiger partial charge in [0.25, 0.3) is 0 Å². The van der Waals surface area contributed by atoms with Gasteiger partial charge in [0.1, 0.15) is 5.01 Å². The van der Waals surface area contributed by atoms with Crippen LogP contribution in [0, 0.1) is 11.8 Å². The molecule has 0 bridgehead atoms. The molecule has 1 aliphatic heterocycles. The van der Waals surface area contributed by atoms with Crippen LogP contribution >= 0.6 is 11.3 Å². The lowest BCUT2D eigenvalue weighted by molar-refractivity contribution is 0.117. The largest absolute Gasteiger partial charge is 0.465 e. The summed E-state index contributed by atoms with van der Waals surface area (Å²) in [5.41, 5.74) is -0.653. The van der Waals surface area contributed by atoms with Crippen molar-refractivity contribution in [3.8, 4) is 11.8 Å². The number of carboxylic acid groups (broad SMARTS) is 1. The Bertz CT molecular complexity index is 463. The number of carbonyl (C=O) groups is 1. The van der Waals surface area contributed by atoms with Gasteiger partial charge in [-0.3, -0.25) is 5.32 Å². The maximum Gasteiger partial charge on any atom is 0.407 e. The van der Waals surface area contributed by atoms with Gasteiger partial charge in [-0.25, -0.2) is 9.78 Å². The summed E-state index contributed by atoms with van der Waals surface area (Å²) in [6, 6.07) is 0. The van der Waals surface area contributed by atoms with E-state index in [9.17, 15) is 4.79 Å². The first-order valence-corrected chi connectivity index (χ1v) is 6.13. The monoisotopic (exact) mass is 251 g/mol. The van der Waals surface area contributed by atoms with Crippen LogP contribution in [0.3, 0.4) is 0 Å². The van der Waals surface area contributed by atoms with E-state index < -0.39 is 11.6 Å². The van der Waals surface area contributed by atoms with Crippen LogP contribution in [0.25, 0.3) is 0 Å². The molecule has 1 fully saturated rings. The molecule has 0 aromatic carbocycles. The molecule has 6 heteroatoms. The molecule has 1 aromatic heterocycles. The topological polar surface area (TPSA) is 65.5 Å². The van der Waals surface area contributed by atoms with Crippen molar-refractivity contribution in [1.82, 2.24) is 15.2 Å². The van der Waals surface area contributed by atoms with Crippen LogP contribution in [0.2, 0.25) is 0 Å². The van der Waals surface area contributed by atoms with E-state index in [1.54, 1.807) is 13.1 Å². The van der Waals surface area contributed by atoms with Crippen LogP contribution in [0.15, 0.2) is 11.6 Å². The molecule has 0 spiro atoms. The molecule has 17 heavy (non-hydrogen) atoms. The van der Waals surface area contributed by atoms with E-state index in [-0.39, 0.29) is 0 Å². The third-order valence-corrected chi connectivity index (χ3v) is 3.58. The summed E-state index contributed by atoms with van der Waals surface area (Å²) in [7, 11) is 0. The summed E-state index contributed by atoms with van der Waals surface area (Å²) >= 11 is 1.49. The average molecular weight is 251 g/mol. The quantitative estimate of drug-likeness (QED) is 0.729. The third kappa shape index (κ3) is 2.25. The second kappa shape index (κ2) is 4.73. The highest BCUT2D eigenvalue weighted by atomic mass is 32.1. The molecule has 90 valence electrons. The predicted molar refractivity (Wildman–Crippen MR) is 64.8 cm³/mol. The summed E-state index contributed by atoms with van der Waals surface area (Å²) in [4.78, 5) is 16.7. The zero-order valence-electron chi connectivity index (χ0n) is 9.43. The summed E-state index contributed by atoms with van der Waals surface area (Å²) < 4.78 is 0. The Morgan fingerprint density at radius 1 is 1.76 bits per heavy atom. The van der Waals surface area contributed by atoms with E-state index in [1.807, 2.05) is 5.38 Å². The van der Waals surface area contributed by atoms with Gasteiger partial charge >= 0.3 is 6.09 Å². The summed E-state index contributed by atoms with van der Waals surface area (Å²) in [6.07, 6.45) is 0.797. The van der Waals surface area contributed by atoms with Crippen LogP contribution in [0.4, 0.5) is 4.79 Å². The average Bonchev–Trinajstić information content (AvgIpc) is 2.83. The number of thiazole rings is 1. The minimum absolute atomic E-state index is 0.316. The van der Waals surface area contributed by atoms with Gasteiger partial charge in [-0.15, -0.1) is 17.3 Å². The second-order valence-electron chi connectivity index (χ2n) is 3.75. The molecular weight excluding hydrogens is 238 g/mol. The molecule has 1 aromatic rings. The Morgan fingerprint density at radius 3 is 3.18 bits per heavy atom. The van der Waals surface area contributed by atoms with Crippen molar-refractivity contribution in [2.75, 3.05) is 19.6 Å². The molecule has 2 N–H and O–H groups in total. The number of hydrogen-bond acceptors (Lipinski definition) is 4. The van der Waals surface area contributed by atoms with E-state index in [0.29, 0.717) is 19.6 Å². The summed E-state index contributed by atoms with van der Waals surface area (Å²) in [6.45, 7) is 3.13. The van der Waals surface area contributed by atoms with Crippen LogP contribution in [0.5, 0.6) is 0 Å². The van der Waals surface area contributed by atoms with Crippen molar-refractivity contribution in [3.63, 3.8) is 0 Å². The molecule has 1 aliphatic rings. The highest BCUT2D eigenvalue weighted by molar-refractivity contribution is 7.09. The van der Waals surface area contributed by atoms with Crippen molar-refractivity contribution in [1.29, 1.82) is 0 Å². The molecular formula is C11H13N3O2S. The Balaban J connectivity index is 2.34. The summed E-state index contributed by atoms with van der Waals surface area (Å²) in [5, 5.41) is 15.0. The first kappa shape index (κ1) is 11.9. The van der Waals surface area contributed by atoms with Gasteiger partial charge in [0.2, 0.25) is 0 Å². The van der Waals surface area contributed by atoms with Crippen LogP contribution in [0.1, 0.15) is 11.9 Å². The highest BCUT2D eigenvalue weighted by Crippen LogP contribution is 2.26. The van der Waals surface area contributed by atoms with Crippen molar-refractivity contribution in [3.05, 3.63) is 16.6 Å². The number of amides is 1. The maximum absolute atomic E-state index is 11.0. The fourth-order valence-corrected chi connectivity index (χ4v) is 2.68. The van der Waals surface area contributed by atoms with Gasteiger partial charge in [0.05, 0.1) is 6.54 Å². The number of aromatic nitrogens is 1. The zero-order chi connectivity index (χ0) is 12.3. The van der Waals surface area contributed by atoms with Gasteiger partial charge in [-0.2, -0.15) is 0 Å². The highest BCUT2D eigenvalue weighted by Gasteiger charge is 2.39. The lowest BCUT2D eigenvalue weighted by atomic mass is 9.98. The minimum Gasteiger partial charge on any atom is -0.465 e. The fraction of sp³-hybridized carbons (Fsp3) is 0.455. The standard InChI is InChI=1S/C11H13N3O2S/c1-2-3-11(9-12-5-7-17-9)8-14(10(15)16)6-4-13-11/h5,7,13H,4,6,8H2,1H3,(H,15,16). The third-order valence-electron chi connectivity index (χ3n) is 2.64. The number of piperazine rings is 1. The fourth-order valence-electron chi connectivity index (χ4n) is 1.92. The van der Waals surface area contributed by atoms with E-state index in [1.165, 1.54) is 16.2 Å². The zero-order valence-corrected chi connectivity index (χ0v) is 10.3. The van der Waals surface area contributed by atoms with E-state index in [0.717, 1.165) is 5.01 Å². The lowest BCUT2D eigenvalue weighted by Crippen LogP contribution is -2.58. The molecule has 1 unspecified atom stereocenters. The van der Waals surface area contributed by atoms with E-state index in [4.69, 9.17) is 5.11 Å². The van der Waals surface area contributed by atoms with Gasteiger partial charge in [0, 0.05) is 24.7 Å². The van der Waals surface area contributed by atoms with Gasteiger partial charge in [0.15, 0.2) is 5.54 Å². The van der Waals surface area contributed by atoms with Gasteiger partial charge in [-0.1, -0.05) is 5.92 Å². The predicted octanol–water partition coefficient (Wildman–Crippen LogP) is 0.945. The Hall–Kier alpha value is -1.58. The molecule has 1 atom stereocenters. The van der Waals surface area contributed by atoms with Crippen LogP contribution in [-0.4, -0.2) is 40.7 Å². The number of nitrogens with one attached hydrogen (secondary N) is 1. The Morgan fingerprint density at radius 2 is 2.59 bits per heavy atom. The van der Waals surface area contributed by atoms with Crippen molar-refractivity contribution >= 4 is 17.4 Å². The lowest BCUT2D eigenvalue weighted by Gasteiger charge is -2.37. The molecule has 0 aliphatic carbocycles. The first-order chi connectivity index (χ1) is 8.18. The number of hydrogen-bond donors (Lipinski definition) is 2. The molecule has 0 saturated carbocycles. The molecule has 2 rings (SSSR count). The van der Waals surface area contributed by atoms with Crippen molar-refractivity contribution in [2.24, 2.45) is 0 Å². The normalized spacial score (nSPS) is 23.9. The Labute approximate surface area is 103 Å². The van der Waals surface area contributed by atoms with Crippen molar-refractivity contribution in [2.45, 2.75) is 12.5 Å². The number of rotatable bonds is 1. The molecule has 5 nitrogen and oxygen atoms in total. The van der Waals surface area contributed by atoms with E-state index in [2.05, 4.69) is 22.1 Å². The second-order valence-corrected chi connectivity index (χ2v) is 4.64. The SMILES string of the molecule is CC#CC1(c2nccs2)CN(C(=O)O)CCN1. The van der Waals surface area contributed by atoms with Crippen molar-refractivity contribution < 1.29 is 9.90 Å². The minimum atomic E-state index is -0.912. The molecule has 1 saturated heterocycles. The first-order valence-electron chi connectivity index (χ1n) is 5.25. The van der Waals surface area contributed by atoms with E-state index >= 15 is 0 Å². The van der Waals surface area contributed by atoms with Gasteiger partial charge in [-0.05, 0) is 6.92 Å². The number of nitrogens with zero attached hydrogens (tertiary/aromatic N) is 2. The molecule has 0 radical (unpaired) electrons.